The quantitative estimate of drug-likeness (QED) is 0.533. The number of alkyl halides is 1. The van der Waals surface area contributed by atoms with Crippen molar-refractivity contribution < 1.29 is 28.2 Å². The molecule has 1 amide bonds. The van der Waals surface area contributed by atoms with Crippen LogP contribution in [0.15, 0.2) is 24.3 Å². The van der Waals surface area contributed by atoms with Gasteiger partial charge in [-0.3, -0.25) is 9.59 Å². The summed E-state index contributed by atoms with van der Waals surface area (Å²) in [6.07, 6.45) is 0.654. The fraction of sp³-hybridized carbons (Fsp3) is 0.316. The molecule has 1 N–H and O–H groups in total. The van der Waals surface area contributed by atoms with Crippen LogP contribution in [0.2, 0.25) is 5.15 Å². The average molecular weight is 409 g/mol. The van der Waals surface area contributed by atoms with Crippen LogP contribution in [0.5, 0.6) is 17.2 Å². The zero-order valence-electron chi connectivity index (χ0n) is 15.1. The minimum Gasteiger partial charge on any atom is -0.493 e. The summed E-state index contributed by atoms with van der Waals surface area (Å²) >= 11 is 6.04. The van der Waals surface area contributed by atoms with Gasteiger partial charge in [0.1, 0.15) is 19.0 Å². The highest BCUT2D eigenvalue weighted by molar-refractivity contribution is 6.31. The lowest BCUT2D eigenvalue weighted by Crippen LogP contribution is -2.30. The van der Waals surface area contributed by atoms with E-state index in [-0.39, 0.29) is 35.3 Å². The summed E-state index contributed by atoms with van der Waals surface area (Å²) in [4.78, 5) is 28.7. The van der Waals surface area contributed by atoms with E-state index < -0.39 is 12.6 Å². The molecule has 0 fully saturated rings. The molecule has 0 saturated carbocycles. The number of carbonyl (C=O) groups excluding carboxylic acids is 2. The molecule has 1 aliphatic heterocycles. The van der Waals surface area contributed by atoms with Gasteiger partial charge in [-0.1, -0.05) is 11.6 Å². The van der Waals surface area contributed by atoms with Crippen molar-refractivity contribution in [3.63, 3.8) is 0 Å². The largest absolute Gasteiger partial charge is 0.493 e. The number of nitrogens with one attached hydrogen (secondary N) is 1. The number of rotatable bonds is 8. The lowest BCUT2D eigenvalue weighted by molar-refractivity contribution is 0.0902. The zero-order valence-corrected chi connectivity index (χ0v) is 15.8. The Labute approximate surface area is 165 Å². The summed E-state index contributed by atoms with van der Waals surface area (Å²) in [7, 11) is 1.41. The molecule has 0 saturated heterocycles. The van der Waals surface area contributed by atoms with E-state index in [1.165, 1.54) is 25.3 Å². The predicted molar refractivity (Wildman–Crippen MR) is 99.6 cm³/mol. The van der Waals surface area contributed by atoms with Crippen LogP contribution in [-0.4, -0.2) is 50.2 Å². The third-order valence-corrected chi connectivity index (χ3v) is 4.34. The van der Waals surface area contributed by atoms with Crippen LogP contribution in [0.25, 0.3) is 0 Å². The molecule has 1 aromatic carbocycles. The van der Waals surface area contributed by atoms with Crippen LogP contribution >= 0.6 is 11.6 Å². The van der Waals surface area contributed by atoms with E-state index in [0.29, 0.717) is 30.3 Å². The summed E-state index contributed by atoms with van der Waals surface area (Å²) < 4.78 is 28.0. The second-order valence-corrected chi connectivity index (χ2v) is 6.25. The van der Waals surface area contributed by atoms with Crippen molar-refractivity contribution in [3.8, 4) is 17.2 Å². The van der Waals surface area contributed by atoms with Gasteiger partial charge in [0.15, 0.2) is 28.2 Å². The summed E-state index contributed by atoms with van der Waals surface area (Å²) in [6, 6.07) is 6.09. The molecule has 9 heteroatoms. The summed E-state index contributed by atoms with van der Waals surface area (Å²) in [5.41, 5.74) is 1.26. The highest BCUT2D eigenvalue weighted by Crippen LogP contribution is 2.32. The minimum atomic E-state index is -0.639. The normalized spacial score (nSPS) is 12.1. The molecular weight excluding hydrogens is 391 g/mol. The molecule has 0 radical (unpaired) electrons. The maximum Gasteiger partial charge on any atom is 0.251 e. The van der Waals surface area contributed by atoms with Gasteiger partial charge in [0.2, 0.25) is 0 Å². The van der Waals surface area contributed by atoms with Crippen LogP contribution in [0, 0.1) is 0 Å². The molecule has 0 unspecified atom stereocenters. The highest BCUT2D eigenvalue weighted by atomic mass is 35.5. The number of amides is 1. The molecule has 148 valence electrons. The third kappa shape index (κ3) is 4.33. The predicted octanol–water partition coefficient (Wildman–Crippen LogP) is 2.64. The molecule has 3 rings (SSSR count). The van der Waals surface area contributed by atoms with Gasteiger partial charge >= 0.3 is 0 Å². The maximum absolute atomic E-state index is 12.4. The van der Waals surface area contributed by atoms with Crippen molar-refractivity contribution in [1.82, 2.24) is 10.3 Å². The van der Waals surface area contributed by atoms with Crippen molar-refractivity contribution in [2.24, 2.45) is 0 Å². The lowest BCUT2D eigenvalue weighted by atomic mass is 10.1. The van der Waals surface area contributed by atoms with Gasteiger partial charge in [-0.2, -0.15) is 0 Å². The molecule has 7 nitrogen and oxygen atoms in total. The second-order valence-electron chi connectivity index (χ2n) is 5.89. The van der Waals surface area contributed by atoms with Crippen molar-refractivity contribution >= 4 is 23.3 Å². The first kappa shape index (κ1) is 19.9. The Balaban J connectivity index is 1.65. The number of aromatic nitrogens is 1. The zero-order chi connectivity index (χ0) is 20.1. The van der Waals surface area contributed by atoms with Crippen LogP contribution in [-0.2, 0) is 6.42 Å². The topological polar surface area (TPSA) is 86.8 Å². The van der Waals surface area contributed by atoms with E-state index in [0.717, 1.165) is 5.56 Å². The SMILES string of the molecule is COc1cc(C(=O)NCC(=O)c2cc3c(c(Cl)n2)OCC3)ccc1OCCF. The fourth-order valence-electron chi connectivity index (χ4n) is 2.73. The van der Waals surface area contributed by atoms with E-state index >= 15 is 0 Å². The number of methoxy groups -OCH3 is 1. The Morgan fingerprint density at radius 1 is 1.32 bits per heavy atom. The van der Waals surface area contributed by atoms with Crippen molar-refractivity contribution in [3.05, 3.63) is 46.2 Å². The van der Waals surface area contributed by atoms with E-state index in [1.807, 2.05) is 0 Å². The number of hydrogen-bond donors (Lipinski definition) is 1. The molecule has 0 spiro atoms. The fourth-order valence-corrected chi connectivity index (χ4v) is 2.99. The first-order chi connectivity index (χ1) is 13.5. The third-order valence-electron chi connectivity index (χ3n) is 4.08. The number of fused-ring (bicyclic) bond motifs is 1. The summed E-state index contributed by atoms with van der Waals surface area (Å²) in [5.74, 6) is 0.273. The minimum absolute atomic E-state index is 0.113. The summed E-state index contributed by atoms with van der Waals surface area (Å²) in [6.45, 7) is -0.500. The Morgan fingerprint density at radius 3 is 2.89 bits per heavy atom. The molecule has 1 aliphatic rings. The number of nitrogens with zero attached hydrogens (tertiary/aromatic N) is 1. The van der Waals surface area contributed by atoms with Crippen LogP contribution in [0.3, 0.4) is 0 Å². The monoisotopic (exact) mass is 408 g/mol. The van der Waals surface area contributed by atoms with Crippen LogP contribution < -0.4 is 19.5 Å². The van der Waals surface area contributed by atoms with Crippen molar-refractivity contribution in [2.75, 3.05) is 33.5 Å². The Kier molecular flexibility index (Phi) is 6.30. The smallest absolute Gasteiger partial charge is 0.251 e. The first-order valence-electron chi connectivity index (χ1n) is 8.54. The maximum atomic E-state index is 12.4. The average Bonchev–Trinajstić information content (AvgIpc) is 3.19. The standard InChI is InChI=1S/C19H18ClFN2O5/c1-26-16-9-12(2-3-15(16)27-7-5-21)19(25)22-10-14(24)13-8-11-4-6-28-17(11)18(20)23-13/h2-3,8-9H,4-7,10H2,1H3,(H,22,25). The number of carbonyl (C=O) groups is 2. The number of pyridine rings is 1. The van der Waals surface area contributed by atoms with Gasteiger partial charge in [-0.05, 0) is 24.3 Å². The molecule has 0 atom stereocenters. The van der Waals surface area contributed by atoms with Crippen LogP contribution in [0.1, 0.15) is 26.4 Å². The van der Waals surface area contributed by atoms with E-state index in [2.05, 4.69) is 10.3 Å². The van der Waals surface area contributed by atoms with E-state index in [9.17, 15) is 14.0 Å². The number of benzene rings is 1. The Morgan fingerprint density at radius 2 is 2.14 bits per heavy atom. The second kappa shape index (κ2) is 8.88. The number of halogens is 2. The molecule has 2 aromatic rings. The molecule has 0 bridgehead atoms. The van der Waals surface area contributed by atoms with Crippen LogP contribution in [0.4, 0.5) is 4.39 Å². The lowest BCUT2D eigenvalue weighted by Gasteiger charge is -2.11. The van der Waals surface area contributed by atoms with Gasteiger partial charge in [0.25, 0.3) is 5.91 Å². The van der Waals surface area contributed by atoms with Gasteiger partial charge in [-0.15, -0.1) is 0 Å². The summed E-state index contributed by atoms with van der Waals surface area (Å²) in [5, 5.41) is 2.68. The van der Waals surface area contributed by atoms with Gasteiger partial charge in [-0.25, -0.2) is 9.37 Å². The number of ketones is 1. The highest BCUT2D eigenvalue weighted by Gasteiger charge is 2.21. The van der Waals surface area contributed by atoms with E-state index in [4.69, 9.17) is 25.8 Å². The number of ether oxygens (including phenoxy) is 3. The molecule has 1 aromatic heterocycles. The van der Waals surface area contributed by atoms with Gasteiger partial charge < -0.3 is 19.5 Å². The Hall–Kier alpha value is -2.87. The number of hydrogen-bond acceptors (Lipinski definition) is 6. The molecular formula is C19H18ClFN2O5. The van der Waals surface area contributed by atoms with Gasteiger partial charge in [0.05, 0.1) is 20.3 Å². The molecule has 28 heavy (non-hydrogen) atoms. The van der Waals surface area contributed by atoms with Gasteiger partial charge in [0, 0.05) is 17.5 Å². The Bertz CT molecular complexity index is 906. The number of Topliss-reactive ketones (excluding diaryl/α,β-unsaturated/α-hetero) is 1. The molecule has 0 aliphatic carbocycles. The first-order valence-corrected chi connectivity index (χ1v) is 8.91. The van der Waals surface area contributed by atoms with Crippen molar-refractivity contribution in [1.29, 1.82) is 0 Å². The van der Waals surface area contributed by atoms with E-state index in [1.54, 1.807) is 6.07 Å². The van der Waals surface area contributed by atoms with Crippen molar-refractivity contribution in [2.45, 2.75) is 6.42 Å². The molecule has 2 heterocycles.